The Morgan fingerprint density at radius 3 is 2.78 bits per heavy atom. The maximum Gasteiger partial charge on any atom is 0.123 e. The van der Waals surface area contributed by atoms with Crippen LogP contribution >= 0.6 is 11.3 Å². The van der Waals surface area contributed by atoms with Gasteiger partial charge in [-0.1, -0.05) is 27.2 Å². The summed E-state index contributed by atoms with van der Waals surface area (Å²) in [5.41, 5.74) is 1.32. The van der Waals surface area contributed by atoms with Crippen LogP contribution in [-0.4, -0.2) is 6.04 Å². The quantitative estimate of drug-likeness (QED) is 0.840. The van der Waals surface area contributed by atoms with E-state index < -0.39 is 0 Å². The predicted molar refractivity (Wildman–Crippen MR) is 77.8 cm³/mol. The van der Waals surface area contributed by atoms with E-state index in [1.807, 2.05) is 6.07 Å². The van der Waals surface area contributed by atoms with Crippen molar-refractivity contribution in [2.45, 2.75) is 46.2 Å². The Morgan fingerprint density at radius 2 is 2.11 bits per heavy atom. The van der Waals surface area contributed by atoms with E-state index in [0.717, 1.165) is 24.8 Å². The summed E-state index contributed by atoms with van der Waals surface area (Å²) in [7, 11) is 0. The fourth-order valence-corrected chi connectivity index (χ4v) is 3.32. The molecule has 0 amide bonds. The first-order chi connectivity index (χ1) is 8.61. The van der Waals surface area contributed by atoms with Crippen molar-refractivity contribution in [3.8, 4) is 0 Å². The smallest absolute Gasteiger partial charge is 0.123 e. The van der Waals surface area contributed by atoms with E-state index in [1.54, 1.807) is 23.5 Å². The number of hydrogen-bond donors (Lipinski definition) is 1. The van der Waals surface area contributed by atoms with Crippen LogP contribution in [0.25, 0.3) is 10.1 Å². The number of fused-ring (bicyclic) bond motifs is 1. The monoisotopic (exact) mass is 265 g/mol. The molecule has 2 rings (SSSR count). The van der Waals surface area contributed by atoms with Gasteiger partial charge in [-0.15, -0.1) is 11.3 Å². The van der Waals surface area contributed by atoms with Crippen molar-refractivity contribution in [1.29, 1.82) is 0 Å². The highest BCUT2D eigenvalue weighted by atomic mass is 32.1. The Hall–Kier alpha value is -0.930. The molecular formula is C15H20FNS. The topological polar surface area (TPSA) is 12.0 Å². The maximum atomic E-state index is 13.4. The summed E-state index contributed by atoms with van der Waals surface area (Å²) in [6.45, 7) is 7.34. The Balaban J connectivity index is 2.41. The molecule has 98 valence electrons. The summed E-state index contributed by atoms with van der Waals surface area (Å²) in [5, 5.41) is 4.55. The lowest BCUT2D eigenvalue weighted by molar-refractivity contribution is 0.591. The molecule has 2 aromatic rings. The van der Waals surface area contributed by atoms with E-state index in [1.165, 1.54) is 15.1 Å². The minimum Gasteiger partial charge on any atom is -0.310 e. The van der Waals surface area contributed by atoms with Gasteiger partial charge in [-0.2, -0.15) is 0 Å². The van der Waals surface area contributed by atoms with Crippen LogP contribution in [0.2, 0.25) is 0 Å². The lowest BCUT2D eigenvalue weighted by Gasteiger charge is -2.08. The van der Waals surface area contributed by atoms with Crippen LogP contribution in [0.4, 0.5) is 4.39 Å². The summed E-state index contributed by atoms with van der Waals surface area (Å²) in [6.07, 6.45) is 2.12. The Kier molecular flexibility index (Phi) is 4.36. The average Bonchev–Trinajstić information content (AvgIpc) is 2.65. The number of hydrogen-bond acceptors (Lipinski definition) is 2. The molecule has 1 N–H and O–H groups in total. The van der Waals surface area contributed by atoms with Gasteiger partial charge in [-0.05, 0) is 35.6 Å². The third-order valence-corrected chi connectivity index (χ3v) is 4.22. The van der Waals surface area contributed by atoms with E-state index >= 15 is 0 Å². The van der Waals surface area contributed by atoms with Crippen LogP contribution in [0.5, 0.6) is 0 Å². The first kappa shape index (κ1) is 13.5. The van der Waals surface area contributed by atoms with Crippen LogP contribution in [0.1, 0.15) is 37.6 Å². The highest BCUT2D eigenvalue weighted by Gasteiger charge is 2.12. The second-order valence-electron chi connectivity index (χ2n) is 4.93. The second kappa shape index (κ2) is 5.81. The van der Waals surface area contributed by atoms with Gasteiger partial charge in [-0.3, -0.25) is 0 Å². The van der Waals surface area contributed by atoms with Gasteiger partial charge in [0.25, 0.3) is 0 Å². The fourth-order valence-electron chi connectivity index (χ4n) is 2.14. The van der Waals surface area contributed by atoms with Crippen molar-refractivity contribution in [3.63, 3.8) is 0 Å². The molecule has 0 saturated heterocycles. The van der Waals surface area contributed by atoms with Gasteiger partial charge in [-0.25, -0.2) is 4.39 Å². The van der Waals surface area contributed by atoms with Gasteiger partial charge < -0.3 is 5.32 Å². The number of thiophene rings is 1. The molecule has 0 atom stereocenters. The van der Waals surface area contributed by atoms with Crippen LogP contribution < -0.4 is 5.32 Å². The second-order valence-corrected chi connectivity index (χ2v) is 6.07. The Labute approximate surface area is 112 Å². The molecule has 1 heterocycles. The van der Waals surface area contributed by atoms with Crippen LogP contribution in [0, 0.1) is 5.82 Å². The normalized spacial score (nSPS) is 11.6. The third kappa shape index (κ3) is 2.90. The molecular weight excluding hydrogens is 245 g/mol. The number of aryl methyl sites for hydroxylation is 1. The largest absolute Gasteiger partial charge is 0.310 e. The van der Waals surface area contributed by atoms with Gasteiger partial charge in [0.1, 0.15) is 5.82 Å². The summed E-state index contributed by atoms with van der Waals surface area (Å²) < 4.78 is 14.6. The lowest BCUT2D eigenvalue weighted by atomic mass is 10.1. The Bertz CT molecular complexity index is 531. The molecule has 0 bridgehead atoms. The van der Waals surface area contributed by atoms with Crippen molar-refractivity contribution < 1.29 is 4.39 Å². The number of halogens is 1. The van der Waals surface area contributed by atoms with Gasteiger partial charge in [0, 0.05) is 22.2 Å². The molecule has 0 aliphatic rings. The van der Waals surface area contributed by atoms with Crippen LogP contribution in [0.15, 0.2) is 18.2 Å². The van der Waals surface area contributed by atoms with Gasteiger partial charge in [0.15, 0.2) is 0 Å². The highest BCUT2D eigenvalue weighted by molar-refractivity contribution is 7.19. The molecule has 1 aromatic carbocycles. The number of benzene rings is 1. The summed E-state index contributed by atoms with van der Waals surface area (Å²) in [4.78, 5) is 1.35. The zero-order chi connectivity index (χ0) is 13.1. The number of rotatable bonds is 5. The molecule has 18 heavy (non-hydrogen) atoms. The summed E-state index contributed by atoms with van der Waals surface area (Å²) >= 11 is 1.79. The van der Waals surface area contributed by atoms with Gasteiger partial charge >= 0.3 is 0 Å². The first-order valence-corrected chi connectivity index (χ1v) is 7.36. The molecule has 0 saturated carbocycles. The van der Waals surface area contributed by atoms with E-state index in [4.69, 9.17) is 0 Å². The molecule has 0 aliphatic carbocycles. The standard InChI is InChI=1S/C15H20FNS/c1-4-5-12-13-8-11(16)6-7-14(13)18-15(12)9-17-10(2)3/h6-8,10,17H,4-5,9H2,1-3H3. The summed E-state index contributed by atoms with van der Waals surface area (Å²) in [6, 6.07) is 5.60. The lowest BCUT2D eigenvalue weighted by Crippen LogP contribution is -2.21. The number of nitrogens with one attached hydrogen (secondary N) is 1. The fraction of sp³-hybridized carbons (Fsp3) is 0.467. The molecule has 0 unspecified atom stereocenters. The van der Waals surface area contributed by atoms with Crippen molar-refractivity contribution in [2.24, 2.45) is 0 Å². The van der Waals surface area contributed by atoms with E-state index in [9.17, 15) is 4.39 Å². The SMILES string of the molecule is CCCc1c(CNC(C)C)sc2ccc(F)cc12. The van der Waals surface area contributed by atoms with Crippen molar-refractivity contribution in [3.05, 3.63) is 34.5 Å². The Morgan fingerprint density at radius 1 is 1.33 bits per heavy atom. The minimum atomic E-state index is -0.138. The van der Waals surface area contributed by atoms with Crippen molar-refractivity contribution in [2.75, 3.05) is 0 Å². The first-order valence-electron chi connectivity index (χ1n) is 6.55. The average molecular weight is 265 g/mol. The minimum absolute atomic E-state index is 0.138. The predicted octanol–water partition coefficient (Wildman–Crippen LogP) is 4.49. The van der Waals surface area contributed by atoms with E-state index in [0.29, 0.717) is 6.04 Å². The van der Waals surface area contributed by atoms with Gasteiger partial charge in [0.05, 0.1) is 0 Å². The summed E-state index contributed by atoms with van der Waals surface area (Å²) in [5.74, 6) is -0.138. The molecule has 3 heteroatoms. The van der Waals surface area contributed by atoms with Crippen LogP contribution in [0.3, 0.4) is 0 Å². The van der Waals surface area contributed by atoms with E-state index in [-0.39, 0.29) is 5.82 Å². The zero-order valence-corrected chi connectivity index (χ0v) is 12.0. The third-order valence-electron chi connectivity index (χ3n) is 3.01. The molecule has 1 nitrogen and oxygen atoms in total. The van der Waals surface area contributed by atoms with E-state index in [2.05, 4.69) is 26.1 Å². The highest BCUT2D eigenvalue weighted by Crippen LogP contribution is 2.32. The molecule has 0 spiro atoms. The van der Waals surface area contributed by atoms with Crippen molar-refractivity contribution >= 4 is 21.4 Å². The molecule has 0 radical (unpaired) electrons. The molecule has 0 fully saturated rings. The van der Waals surface area contributed by atoms with Gasteiger partial charge in [0.2, 0.25) is 0 Å². The van der Waals surface area contributed by atoms with Crippen LogP contribution in [-0.2, 0) is 13.0 Å². The molecule has 1 aromatic heterocycles. The molecule has 0 aliphatic heterocycles. The maximum absolute atomic E-state index is 13.4. The van der Waals surface area contributed by atoms with Crippen molar-refractivity contribution in [1.82, 2.24) is 5.32 Å². The zero-order valence-electron chi connectivity index (χ0n) is 11.2.